The Morgan fingerprint density at radius 3 is 2.70 bits per heavy atom. The summed E-state index contributed by atoms with van der Waals surface area (Å²) < 4.78 is 6.62. The summed E-state index contributed by atoms with van der Waals surface area (Å²) in [6.45, 7) is 0. The molecule has 3 aromatic rings. The van der Waals surface area contributed by atoms with Crippen LogP contribution in [0.5, 0.6) is 0 Å². The Hall–Kier alpha value is -2.73. The standard InChI is InChI=1S/C17H11BrN2O3/c18-13-4-2-5-14(10-13)19-11-16-7-8-17(23-16)12-3-1-6-15(9-12)20(21)22/h1-11H. The van der Waals surface area contributed by atoms with Gasteiger partial charge in [-0.25, -0.2) is 0 Å². The third-order valence-electron chi connectivity index (χ3n) is 3.12. The lowest BCUT2D eigenvalue weighted by Crippen LogP contribution is -1.87. The van der Waals surface area contributed by atoms with Gasteiger partial charge in [-0.1, -0.05) is 34.1 Å². The molecule has 1 aromatic heterocycles. The highest BCUT2D eigenvalue weighted by atomic mass is 79.9. The van der Waals surface area contributed by atoms with E-state index >= 15 is 0 Å². The van der Waals surface area contributed by atoms with Gasteiger partial charge in [0.05, 0.1) is 16.8 Å². The summed E-state index contributed by atoms with van der Waals surface area (Å²) in [6.07, 6.45) is 1.61. The van der Waals surface area contributed by atoms with Gasteiger partial charge in [0, 0.05) is 22.2 Å². The third kappa shape index (κ3) is 3.73. The van der Waals surface area contributed by atoms with Gasteiger partial charge in [0.1, 0.15) is 11.5 Å². The fraction of sp³-hybridized carbons (Fsp3) is 0. The first-order chi connectivity index (χ1) is 11.1. The van der Waals surface area contributed by atoms with Gasteiger partial charge in [-0.2, -0.15) is 0 Å². The molecule has 0 spiro atoms. The van der Waals surface area contributed by atoms with Crippen LogP contribution in [0.4, 0.5) is 11.4 Å². The van der Waals surface area contributed by atoms with E-state index in [-0.39, 0.29) is 5.69 Å². The summed E-state index contributed by atoms with van der Waals surface area (Å²) >= 11 is 3.39. The summed E-state index contributed by atoms with van der Waals surface area (Å²) in [7, 11) is 0. The van der Waals surface area contributed by atoms with E-state index in [2.05, 4.69) is 20.9 Å². The molecule has 0 atom stereocenters. The van der Waals surface area contributed by atoms with Gasteiger partial charge in [0.25, 0.3) is 5.69 Å². The van der Waals surface area contributed by atoms with E-state index in [0.29, 0.717) is 17.1 Å². The van der Waals surface area contributed by atoms with Crippen molar-refractivity contribution in [3.8, 4) is 11.3 Å². The number of hydrogen-bond donors (Lipinski definition) is 0. The lowest BCUT2D eigenvalue weighted by molar-refractivity contribution is -0.384. The number of halogens is 1. The maximum absolute atomic E-state index is 10.8. The highest BCUT2D eigenvalue weighted by Crippen LogP contribution is 2.25. The summed E-state index contributed by atoms with van der Waals surface area (Å²) in [4.78, 5) is 14.7. The molecule has 3 rings (SSSR count). The fourth-order valence-electron chi connectivity index (χ4n) is 2.04. The number of nitro benzene ring substituents is 1. The zero-order chi connectivity index (χ0) is 16.2. The number of nitro groups is 1. The van der Waals surface area contributed by atoms with E-state index in [4.69, 9.17) is 4.42 Å². The predicted molar refractivity (Wildman–Crippen MR) is 92.2 cm³/mol. The molecule has 0 radical (unpaired) electrons. The first kappa shape index (κ1) is 15.2. The van der Waals surface area contributed by atoms with Crippen molar-refractivity contribution in [1.82, 2.24) is 0 Å². The molecule has 1 heterocycles. The Morgan fingerprint density at radius 1 is 1.09 bits per heavy atom. The molecule has 0 fully saturated rings. The normalized spacial score (nSPS) is 11.0. The Balaban J connectivity index is 1.83. The van der Waals surface area contributed by atoms with Crippen LogP contribution >= 0.6 is 15.9 Å². The Labute approximate surface area is 140 Å². The largest absolute Gasteiger partial charge is 0.455 e. The van der Waals surface area contributed by atoms with Crippen LogP contribution in [0.15, 0.2) is 74.5 Å². The van der Waals surface area contributed by atoms with Crippen molar-refractivity contribution in [1.29, 1.82) is 0 Å². The number of benzene rings is 2. The van der Waals surface area contributed by atoms with Crippen LogP contribution in [-0.4, -0.2) is 11.1 Å². The van der Waals surface area contributed by atoms with Gasteiger partial charge in [-0.3, -0.25) is 15.1 Å². The molecule has 5 nitrogen and oxygen atoms in total. The SMILES string of the molecule is O=[N+]([O-])c1cccc(-c2ccc(C=Nc3cccc(Br)c3)o2)c1. The smallest absolute Gasteiger partial charge is 0.270 e. The van der Waals surface area contributed by atoms with E-state index in [9.17, 15) is 10.1 Å². The molecule has 0 aliphatic carbocycles. The van der Waals surface area contributed by atoms with Gasteiger partial charge in [0.2, 0.25) is 0 Å². The number of furan rings is 1. The number of rotatable bonds is 4. The highest BCUT2D eigenvalue weighted by Gasteiger charge is 2.09. The van der Waals surface area contributed by atoms with Crippen molar-refractivity contribution < 1.29 is 9.34 Å². The lowest BCUT2D eigenvalue weighted by Gasteiger charge is -1.97. The molecule has 0 N–H and O–H groups in total. The van der Waals surface area contributed by atoms with Crippen LogP contribution in [0.25, 0.3) is 11.3 Å². The van der Waals surface area contributed by atoms with Crippen molar-refractivity contribution in [3.05, 3.63) is 81.0 Å². The molecule has 2 aromatic carbocycles. The van der Waals surface area contributed by atoms with Gasteiger partial charge in [0.15, 0.2) is 0 Å². The van der Waals surface area contributed by atoms with Crippen LogP contribution in [0.3, 0.4) is 0 Å². The molecule has 0 amide bonds. The number of hydrogen-bond acceptors (Lipinski definition) is 4. The average molecular weight is 371 g/mol. The molecular formula is C17H11BrN2O3. The van der Waals surface area contributed by atoms with Gasteiger partial charge in [-0.15, -0.1) is 0 Å². The van der Waals surface area contributed by atoms with Crippen LogP contribution in [0.1, 0.15) is 5.76 Å². The summed E-state index contributed by atoms with van der Waals surface area (Å²) in [5, 5.41) is 10.8. The zero-order valence-corrected chi connectivity index (χ0v) is 13.4. The van der Waals surface area contributed by atoms with Gasteiger partial charge < -0.3 is 4.42 Å². The second-order valence-corrected chi connectivity index (χ2v) is 5.66. The molecule has 0 aliphatic heterocycles. The van der Waals surface area contributed by atoms with Crippen LogP contribution in [-0.2, 0) is 0 Å². The quantitative estimate of drug-likeness (QED) is 0.352. The zero-order valence-electron chi connectivity index (χ0n) is 11.8. The number of nitrogens with zero attached hydrogens (tertiary/aromatic N) is 2. The molecule has 0 unspecified atom stereocenters. The number of aliphatic imine (C=N–C) groups is 1. The maximum Gasteiger partial charge on any atom is 0.270 e. The van der Waals surface area contributed by atoms with E-state index in [1.165, 1.54) is 12.1 Å². The molecular weight excluding hydrogens is 360 g/mol. The first-order valence-corrected chi connectivity index (χ1v) is 7.55. The van der Waals surface area contributed by atoms with Crippen LogP contribution < -0.4 is 0 Å². The average Bonchev–Trinajstić information content (AvgIpc) is 3.02. The van der Waals surface area contributed by atoms with Crippen molar-refractivity contribution >= 4 is 33.5 Å². The Bertz CT molecular complexity index is 887. The minimum atomic E-state index is -0.428. The van der Waals surface area contributed by atoms with E-state index in [1.807, 2.05) is 24.3 Å². The summed E-state index contributed by atoms with van der Waals surface area (Å²) in [5.74, 6) is 1.14. The second-order valence-electron chi connectivity index (χ2n) is 4.75. The van der Waals surface area contributed by atoms with Crippen molar-refractivity contribution in [3.63, 3.8) is 0 Å². The topological polar surface area (TPSA) is 68.6 Å². The second kappa shape index (κ2) is 6.58. The minimum Gasteiger partial charge on any atom is -0.455 e. The van der Waals surface area contributed by atoms with Crippen molar-refractivity contribution in [2.75, 3.05) is 0 Å². The summed E-state index contributed by atoms with van der Waals surface area (Å²) in [6, 6.07) is 17.5. The monoisotopic (exact) mass is 370 g/mol. The molecule has 0 bridgehead atoms. The number of non-ortho nitro benzene ring substituents is 1. The van der Waals surface area contributed by atoms with Gasteiger partial charge in [-0.05, 0) is 30.3 Å². The molecule has 23 heavy (non-hydrogen) atoms. The molecule has 0 saturated carbocycles. The van der Waals surface area contributed by atoms with E-state index in [0.717, 1.165) is 10.2 Å². The Morgan fingerprint density at radius 2 is 1.91 bits per heavy atom. The molecule has 0 saturated heterocycles. The van der Waals surface area contributed by atoms with Gasteiger partial charge >= 0.3 is 0 Å². The van der Waals surface area contributed by atoms with Crippen LogP contribution in [0, 0.1) is 10.1 Å². The fourth-order valence-corrected chi connectivity index (χ4v) is 2.43. The minimum absolute atomic E-state index is 0.0308. The van der Waals surface area contributed by atoms with E-state index in [1.54, 1.807) is 30.5 Å². The maximum atomic E-state index is 10.8. The predicted octanol–water partition coefficient (Wildman–Crippen LogP) is 5.37. The lowest BCUT2D eigenvalue weighted by atomic mass is 10.1. The molecule has 6 heteroatoms. The Kier molecular flexibility index (Phi) is 4.34. The highest BCUT2D eigenvalue weighted by molar-refractivity contribution is 9.10. The first-order valence-electron chi connectivity index (χ1n) is 6.76. The third-order valence-corrected chi connectivity index (χ3v) is 3.61. The van der Waals surface area contributed by atoms with Crippen molar-refractivity contribution in [2.45, 2.75) is 0 Å². The summed E-state index contributed by atoms with van der Waals surface area (Å²) in [5.41, 5.74) is 1.48. The molecule has 0 aliphatic rings. The molecule has 114 valence electrons. The van der Waals surface area contributed by atoms with Crippen molar-refractivity contribution in [2.24, 2.45) is 4.99 Å². The van der Waals surface area contributed by atoms with Crippen LogP contribution in [0.2, 0.25) is 0 Å². The van der Waals surface area contributed by atoms with E-state index < -0.39 is 4.92 Å².